The maximum atomic E-state index is 10.0. The maximum absolute atomic E-state index is 10.0. The van der Waals surface area contributed by atoms with Gasteiger partial charge in [-0.1, -0.05) is 46.1 Å². The summed E-state index contributed by atoms with van der Waals surface area (Å²) in [6, 6.07) is 0. The summed E-state index contributed by atoms with van der Waals surface area (Å²) in [5.74, 6) is 1.53. The van der Waals surface area contributed by atoms with E-state index in [1.54, 1.807) is 6.08 Å². The van der Waals surface area contributed by atoms with E-state index in [4.69, 9.17) is 0 Å². The summed E-state index contributed by atoms with van der Waals surface area (Å²) in [4.78, 5) is 10.0. The van der Waals surface area contributed by atoms with Gasteiger partial charge in [0.05, 0.1) is 0 Å². The highest BCUT2D eigenvalue weighted by Crippen LogP contribution is 2.15. The van der Waals surface area contributed by atoms with Gasteiger partial charge in [-0.25, -0.2) is 0 Å². The molecule has 0 aliphatic heterocycles. The van der Waals surface area contributed by atoms with Crippen molar-refractivity contribution in [2.45, 2.75) is 46.5 Å². The van der Waals surface area contributed by atoms with Crippen LogP contribution in [-0.2, 0) is 4.79 Å². The number of hydrogen-bond donors (Lipinski definition) is 0. The van der Waals surface area contributed by atoms with E-state index in [-0.39, 0.29) is 0 Å². The zero-order valence-electron chi connectivity index (χ0n) is 9.12. The van der Waals surface area contributed by atoms with Crippen molar-refractivity contribution in [3.63, 3.8) is 0 Å². The third-order valence-electron chi connectivity index (χ3n) is 2.23. The second-order valence-corrected chi connectivity index (χ2v) is 4.23. The molecule has 0 spiro atoms. The lowest BCUT2D eigenvalue weighted by Crippen LogP contribution is -1.95. The quantitative estimate of drug-likeness (QED) is 0.434. The lowest BCUT2D eigenvalue weighted by Gasteiger charge is -2.09. The fourth-order valence-electron chi connectivity index (χ4n) is 1.36. The first kappa shape index (κ1) is 12.4. The van der Waals surface area contributed by atoms with Gasteiger partial charge >= 0.3 is 0 Å². The summed E-state index contributed by atoms with van der Waals surface area (Å²) < 4.78 is 0. The molecule has 0 heterocycles. The molecule has 0 aromatic heterocycles. The van der Waals surface area contributed by atoms with Crippen molar-refractivity contribution in [3.8, 4) is 0 Å². The van der Waals surface area contributed by atoms with Crippen LogP contribution in [0.3, 0.4) is 0 Å². The fourth-order valence-corrected chi connectivity index (χ4v) is 1.36. The first-order valence-electron chi connectivity index (χ1n) is 5.27. The van der Waals surface area contributed by atoms with E-state index >= 15 is 0 Å². The normalized spacial score (nSPS) is 13.8. The van der Waals surface area contributed by atoms with E-state index in [0.717, 1.165) is 24.5 Å². The van der Waals surface area contributed by atoms with Crippen LogP contribution >= 0.6 is 0 Å². The number of hydrogen-bond acceptors (Lipinski definition) is 1. The Bertz CT molecular complexity index is 147. The molecule has 76 valence electrons. The van der Waals surface area contributed by atoms with Crippen LogP contribution in [0.2, 0.25) is 0 Å². The molecule has 0 amide bonds. The molecule has 0 radical (unpaired) electrons. The Morgan fingerprint density at radius 3 is 2.38 bits per heavy atom. The van der Waals surface area contributed by atoms with E-state index in [2.05, 4.69) is 20.8 Å². The topological polar surface area (TPSA) is 17.1 Å². The predicted octanol–water partition coefficient (Wildman–Crippen LogP) is 3.59. The lowest BCUT2D eigenvalue weighted by molar-refractivity contribution is -0.104. The molecule has 0 aliphatic rings. The van der Waals surface area contributed by atoms with Gasteiger partial charge in [0.1, 0.15) is 6.29 Å². The SMILES string of the molecule is CC(C)CCC[C@H](C)C/C=C/C=O. The Balaban J connectivity index is 3.34. The van der Waals surface area contributed by atoms with Crippen molar-refractivity contribution in [1.29, 1.82) is 0 Å². The molecule has 0 aromatic carbocycles. The molecule has 1 nitrogen and oxygen atoms in total. The Hall–Kier alpha value is -0.590. The van der Waals surface area contributed by atoms with Gasteiger partial charge < -0.3 is 0 Å². The summed E-state index contributed by atoms with van der Waals surface area (Å²) in [7, 11) is 0. The molecule has 13 heavy (non-hydrogen) atoms. The standard InChI is InChI=1S/C12H22O/c1-11(2)7-6-9-12(3)8-4-5-10-13/h4-5,10-12H,6-9H2,1-3H3/b5-4+/t12-/m1/s1. The first-order chi connectivity index (χ1) is 6.16. The predicted molar refractivity (Wildman–Crippen MR) is 57.7 cm³/mol. The highest BCUT2D eigenvalue weighted by Gasteiger charge is 2.00. The van der Waals surface area contributed by atoms with Crippen molar-refractivity contribution in [2.75, 3.05) is 0 Å². The van der Waals surface area contributed by atoms with Gasteiger partial charge in [-0.05, 0) is 24.3 Å². The Labute approximate surface area is 82.2 Å². The smallest absolute Gasteiger partial charge is 0.142 e. The molecular weight excluding hydrogens is 160 g/mol. The number of rotatable bonds is 7. The average Bonchev–Trinajstić information content (AvgIpc) is 2.04. The van der Waals surface area contributed by atoms with Crippen molar-refractivity contribution in [1.82, 2.24) is 0 Å². The van der Waals surface area contributed by atoms with E-state index in [0.29, 0.717) is 0 Å². The summed E-state index contributed by atoms with van der Waals surface area (Å²) in [5, 5.41) is 0. The monoisotopic (exact) mass is 182 g/mol. The van der Waals surface area contributed by atoms with E-state index < -0.39 is 0 Å². The third kappa shape index (κ3) is 9.32. The van der Waals surface area contributed by atoms with E-state index in [1.807, 2.05) is 6.08 Å². The van der Waals surface area contributed by atoms with Crippen LogP contribution in [0.4, 0.5) is 0 Å². The number of carbonyl (C=O) groups is 1. The summed E-state index contributed by atoms with van der Waals surface area (Å²) >= 11 is 0. The van der Waals surface area contributed by atoms with Crippen molar-refractivity contribution < 1.29 is 4.79 Å². The number of aldehydes is 1. The highest BCUT2D eigenvalue weighted by molar-refractivity contribution is 5.64. The molecule has 0 fully saturated rings. The molecule has 0 bridgehead atoms. The van der Waals surface area contributed by atoms with Crippen LogP contribution in [0, 0.1) is 11.8 Å². The molecule has 0 N–H and O–H groups in total. The average molecular weight is 182 g/mol. The molecule has 0 saturated heterocycles. The van der Waals surface area contributed by atoms with Crippen molar-refractivity contribution in [3.05, 3.63) is 12.2 Å². The van der Waals surface area contributed by atoms with Gasteiger partial charge in [0.15, 0.2) is 0 Å². The zero-order valence-corrected chi connectivity index (χ0v) is 9.12. The molecule has 0 saturated carbocycles. The third-order valence-corrected chi connectivity index (χ3v) is 2.23. The molecule has 0 rings (SSSR count). The summed E-state index contributed by atoms with van der Waals surface area (Å²) in [6.07, 6.45) is 9.36. The first-order valence-corrected chi connectivity index (χ1v) is 5.27. The molecule has 1 atom stereocenters. The molecule has 0 unspecified atom stereocenters. The second-order valence-electron chi connectivity index (χ2n) is 4.23. The Kier molecular flexibility index (Phi) is 7.66. The van der Waals surface area contributed by atoms with E-state index in [9.17, 15) is 4.79 Å². The largest absolute Gasteiger partial charge is 0.299 e. The summed E-state index contributed by atoms with van der Waals surface area (Å²) in [5.41, 5.74) is 0. The van der Waals surface area contributed by atoms with Gasteiger partial charge in [-0.15, -0.1) is 0 Å². The van der Waals surface area contributed by atoms with E-state index in [1.165, 1.54) is 19.3 Å². The molecular formula is C12H22O. The van der Waals surface area contributed by atoms with Crippen molar-refractivity contribution >= 4 is 6.29 Å². The van der Waals surface area contributed by atoms with Crippen LogP contribution in [0.15, 0.2) is 12.2 Å². The van der Waals surface area contributed by atoms with Gasteiger partial charge in [0.2, 0.25) is 0 Å². The van der Waals surface area contributed by atoms with Crippen LogP contribution in [0.5, 0.6) is 0 Å². The minimum absolute atomic E-state index is 0.718. The second kappa shape index (κ2) is 8.03. The van der Waals surface area contributed by atoms with Crippen molar-refractivity contribution in [2.24, 2.45) is 11.8 Å². The Morgan fingerprint density at radius 1 is 1.15 bits per heavy atom. The molecule has 1 heteroatoms. The maximum Gasteiger partial charge on any atom is 0.142 e. The van der Waals surface area contributed by atoms with Crippen LogP contribution in [0.25, 0.3) is 0 Å². The van der Waals surface area contributed by atoms with Crippen LogP contribution < -0.4 is 0 Å². The Morgan fingerprint density at radius 2 is 1.85 bits per heavy atom. The van der Waals surface area contributed by atoms with Crippen LogP contribution in [-0.4, -0.2) is 6.29 Å². The lowest BCUT2D eigenvalue weighted by atomic mass is 9.97. The van der Waals surface area contributed by atoms with Gasteiger partial charge in [-0.3, -0.25) is 4.79 Å². The zero-order chi connectivity index (χ0) is 10.1. The van der Waals surface area contributed by atoms with Gasteiger partial charge in [0.25, 0.3) is 0 Å². The minimum Gasteiger partial charge on any atom is -0.299 e. The van der Waals surface area contributed by atoms with Gasteiger partial charge in [-0.2, -0.15) is 0 Å². The van der Waals surface area contributed by atoms with Gasteiger partial charge in [0, 0.05) is 0 Å². The minimum atomic E-state index is 0.718. The fraction of sp³-hybridized carbons (Fsp3) is 0.750. The molecule has 0 aromatic rings. The van der Waals surface area contributed by atoms with Crippen LogP contribution in [0.1, 0.15) is 46.5 Å². The number of allylic oxidation sites excluding steroid dienone is 2. The number of carbonyl (C=O) groups excluding carboxylic acids is 1. The molecule has 0 aliphatic carbocycles. The highest BCUT2D eigenvalue weighted by atomic mass is 16.1. The summed E-state index contributed by atoms with van der Waals surface area (Å²) in [6.45, 7) is 6.77.